The van der Waals surface area contributed by atoms with Gasteiger partial charge < -0.3 is 19.9 Å². The Hall–Kier alpha value is -2.49. The third-order valence-electron chi connectivity index (χ3n) is 6.25. The Balaban J connectivity index is 1.37. The Kier molecular flexibility index (Phi) is 8.30. The van der Waals surface area contributed by atoms with E-state index in [-0.39, 0.29) is 11.9 Å². The molecule has 1 aromatic carbocycles. The van der Waals surface area contributed by atoms with Gasteiger partial charge in [-0.25, -0.2) is 0 Å². The quantitative estimate of drug-likeness (QED) is 0.447. The van der Waals surface area contributed by atoms with Crippen LogP contribution in [0.2, 0.25) is 0 Å². The second-order valence-electron chi connectivity index (χ2n) is 8.59. The van der Waals surface area contributed by atoms with Gasteiger partial charge in [0.15, 0.2) is 0 Å². The zero-order valence-corrected chi connectivity index (χ0v) is 20.4. The van der Waals surface area contributed by atoms with Crippen molar-refractivity contribution in [1.82, 2.24) is 25.4 Å². The molecule has 0 spiro atoms. The summed E-state index contributed by atoms with van der Waals surface area (Å²) in [4.78, 5) is 21.0. The first-order valence-corrected chi connectivity index (χ1v) is 12.6. The highest BCUT2D eigenvalue weighted by atomic mass is 32.1. The van der Waals surface area contributed by atoms with Crippen molar-refractivity contribution >= 4 is 33.3 Å². The van der Waals surface area contributed by atoms with Crippen LogP contribution in [0.25, 0.3) is 10.9 Å². The zero-order chi connectivity index (χ0) is 23.0. The number of hydrogen-bond acceptors (Lipinski definition) is 7. The van der Waals surface area contributed by atoms with Crippen LogP contribution in [0.3, 0.4) is 0 Å². The number of benzene rings is 1. The number of rotatable bonds is 11. The first-order chi connectivity index (χ1) is 16.2. The molecule has 2 N–H and O–H groups in total. The van der Waals surface area contributed by atoms with Crippen LogP contribution in [0.15, 0.2) is 30.5 Å². The molecule has 3 aromatic rings. The minimum atomic E-state index is -0.126. The van der Waals surface area contributed by atoms with Gasteiger partial charge in [-0.15, -0.1) is 10.2 Å². The first-order valence-electron chi connectivity index (χ1n) is 11.8. The summed E-state index contributed by atoms with van der Waals surface area (Å²) in [5, 5.41) is 14.2. The summed E-state index contributed by atoms with van der Waals surface area (Å²) in [6, 6.07) is 8.36. The largest absolute Gasteiger partial charge is 0.383 e. The van der Waals surface area contributed by atoms with E-state index in [1.807, 2.05) is 6.07 Å². The third kappa shape index (κ3) is 6.10. The highest BCUT2D eigenvalue weighted by Gasteiger charge is 2.23. The van der Waals surface area contributed by atoms with E-state index < -0.39 is 0 Å². The molecule has 33 heavy (non-hydrogen) atoms. The van der Waals surface area contributed by atoms with Crippen molar-refractivity contribution in [3.63, 3.8) is 0 Å². The van der Waals surface area contributed by atoms with Crippen molar-refractivity contribution in [3.8, 4) is 0 Å². The normalized spacial score (nSPS) is 15.8. The highest BCUT2D eigenvalue weighted by molar-refractivity contribution is 7.17. The summed E-state index contributed by atoms with van der Waals surface area (Å²) in [5.41, 5.74) is 2.36. The van der Waals surface area contributed by atoms with Gasteiger partial charge >= 0.3 is 0 Å². The molecule has 178 valence electrons. The molecule has 1 saturated heterocycles. The van der Waals surface area contributed by atoms with E-state index in [0.29, 0.717) is 5.01 Å². The SMILES string of the molecule is CCCCC(Cc1c[nH]c2ccccc12)NC(=O)c1nnc(N2CCN(CCOC)CC2)s1. The molecule has 4 rings (SSSR count). The molecule has 0 saturated carbocycles. The Bertz CT molecular complexity index is 1030. The van der Waals surface area contributed by atoms with Gasteiger partial charge in [0.05, 0.1) is 6.61 Å². The van der Waals surface area contributed by atoms with Crippen molar-refractivity contribution in [3.05, 3.63) is 41.0 Å². The van der Waals surface area contributed by atoms with Crippen molar-refractivity contribution < 1.29 is 9.53 Å². The van der Waals surface area contributed by atoms with Crippen LogP contribution in [0.4, 0.5) is 5.13 Å². The van der Waals surface area contributed by atoms with Crippen LogP contribution in [0.5, 0.6) is 0 Å². The number of carbonyl (C=O) groups excluding carboxylic acids is 1. The molecular weight excluding hydrogens is 436 g/mol. The number of aromatic nitrogens is 3. The van der Waals surface area contributed by atoms with Crippen molar-refractivity contribution in [1.29, 1.82) is 0 Å². The number of ether oxygens (including phenoxy) is 1. The lowest BCUT2D eigenvalue weighted by Gasteiger charge is -2.34. The maximum Gasteiger partial charge on any atom is 0.282 e. The van der Waals surface area contributed by atoms with E-state index in [9.17, 15) is 4.79 Å². The zero-order valence-electron chi connectivity index (χ0n) is 19.5. The van der Waals surface area contributed by atoms with Crippen molar-refractivity contribution in [2.75, 3.05) is 51.3 Å². The number of hydrogen-bond donors (Lipinski definition) is 2. The number of amides is 1. The second kappa shape index (κ2) is 11.6. The molecule has 3 heterocycles. The molecular formula is C24H34N6O2S. The number of piperazine rings is 1. The minimum absolute atomic E-state index is 0.0633. The van der Waals surface area contributed by atoms with Gasteiger partial charge in [0.2, 0.25) is 10.1 Å². The number of nitrogens with one attached hydrogen (secondary N) is 2. The Labute approximate surface area is 199 Å². The van der Waals surface area contributed by atoms with Gasteiger partial charge in [-0.1, -0.05) is 49.3 Å². The summed E-state index contributed by atoms with van der Waals surface area (Å²) in [6.45, 7) is 7.59. The summed E-state index contributed by atoms with van der Waals surface area (Å²) >= 11 is 1.39. The number of aromatic amines is 1. The predicted octanol–water partition coefficient (Wildman–Crippen LogP) is 3.32. The van der Waals surface area contributed by atoms with E-state index >= 15 is 0 Å². The van der Waals surface area contributed by atoms with Gasteiger partial charge in [-0.05, 0) is 24.5 Å². The molecule has 1 atom stereocenters. The van der Waals surface area contributed by atoms with E-state index in [4.69, 9.17) is 4.74 Å². The molecule has 1 unspecified atom stereocenters. The predicted molar refractivity (Wildman–Crippen MR) is 133 cm³/mol. The fourth-order valence-corrected chi connectivity index (χ4v) is 5.11. The highest BCUT2D eigenvalue weighted by Crippen LogP contribution is 2.23. The Morgan fingerprint density at radius 1 is 1.24 bits per heavy atom. The van der Waals surface area contributed by atoms with Crippen LogP contribution in [0.1, 0.15) is 41.6 Å². The number of para-hydroxylation sites is 1. The number of carbonyl (C=O) groups is 1. The fraction of sp³-hybridized carbons (Fsp3) is 0.542. The molecule has 1 amide bonds. The average molecular weight is 471 g/mol. The summed E-state index contributed by atoms with van der Waals surface area (Å²) in [5.74, 6) is -0.126. The lowest BCUT2D eigenvalue weighted by Crippen LogP contribution is -2.47. The van der Waals surface area contributed by atoms with Gasteiger partial charge in [0.25, 0.3) is 5.91 Å². The van der Waals surface area contributed by atoms with Crippen molar-refractivity contribution in [2.24, 2.45) is 0 Å². The van der Waals surface area contributed by atoms with Crippen LogP contribution >= 0.6 is 11.3 Å². The summed E-state index contributed by atoms with van der Waals surface area (Å²) < 4.78 is 5.17. The average Bonchev–Trinajstić information content (AvgIpc) is 3.50. The third-order valence-corrected chi connectivity index (χ3v) is 7.23. The maximum atomic E-state index is 13.0. The van der Waals surface area contributed by atoms with Gasteiger partial charge in [0, 0.05) is 63.0 Å². The van der Waals surface area contributed by atoms with Gasteiger partial charge in [0.1, 0.15) is 0 Å². The Morgan fingerprint density at radius 2 is 2.06 bits per heavy atom. The molecule has 1 aliphatic heterocycles. The number of fused-ring (bicyclic) bond motifs is 1. The number of methoxy groups -OCH3 is 1. The smallest absolute Gasteiger partial charge is 0.282 e. The molecule has 0 aliphatic carbocycles. The van der Waals surface area contributed by atoms with E-state index in [1.54, 1.807) is 7.11 Å². The second-order valence-corrected chi connectivity index (χ2v) is 9.54. The van der Waals surface area contributed by atoms with E-state index in [1.165, 1.54) is 22.3 Å². The lowest BCUT2D eigenvalue weighted by atomic mass is 10.0. The number of nitrogens with zero attached hydrogens (tertiary/aromatic N) is 4. The van der Waals surface area contributed by atoms with Crippen LogP contribution in [-0.2, 0) is 11.2 Å². The molecule has 1 aliphatic rings. The molecule has 8 nitrogen and oxygen atoms in total. The molecule has 1 fully saturated rings. The molecule has 0 bridgehead atoms. The summed E-state index contributed by atoms with van der Waals surface area (Å²) in [6.07, 6.45) is 5.97. The minimum Gasteiger partial charge on any atom is -0.383 e. The van der Waals surface area contributed by atoms with Crippen LogP contribution < -0.4 is 10.2 Å². The standard InChI is InChI=1S/C24H34N6O2S/c1-3-4-7-19(16-18-17-25-21-9-6-5-8-20(18)21)26-22(31)23-27-28-24(33-23)30-12-10-29(11-13-30)14-15-32-2/h5-6,8-9,17,19,25H,3-4,7,10-16H2,1-2H3,(H,26,31). The number of anilines is 1. The maximum absolute atomic E-state index is 13.0. The summed E-state index contributed by atoms with van der Waals surface area (Å²) in [7, 11) is 1.73. The lowest BCUT2D eigenvalue weighted by molar-refractivity contribution is 0.0933. The van der Waals surface area contributed by atoms with Crippen LogP contribution in [0, 0.1) is 0 Å². The molecule has 2 aromatic heterocycles. The number of H-pyrrole nitrogens is 1. The topological polar surface area (TPSA) is 86.4 Å². The first kappa shape index (κ1) is 23.7. The van der Waals surface area contributed by atoms with Gasteiger partial charge in [-0.3, -0.25) is 9.69 Å². The van der Waals surface area contributed by atoms with E-state index in [2.05, 4.69) is 61.6 Å². The monoisotopic (exact) mass is 470 g/mol. The van der Waals surface area contributed by atoms with Crippen molar-refractivity contribution in [2.45, 2.75) is 38.6 Å². The Morgan fingerprint density at radius 3 is 2.85 bits per heavy atom. The van der Waals surface area contributed by atoms with E-state index in [0.717, 1.165) is 75.7 Å². The fourth-order valence-electron chi connectivity index (χ4n) is 4.31. The van der Waals surface area contributed by atoms with Gasteiger partial charge in [-0.2, -0.15) is 0 Å². The molecule has 0 radical (unpaired) electrons. The van der Waals surface area contributed by atoms with Crippen LogP contribution in [-0.4, -0.2) is 78.5 Å². The number of unbranched alkanes of at least 4 members (excludes halogenated alkanes) is 1. The molecule has 9 heteroatoms.